The maximum Gasteiger partial charge on any atom is 0.250 e. The molecule has 0 amide bonds. The molecule has 2 aromatic heterocycles. The minimum absolute atomic E-state index is 0.342. The summed E-state index contributed by atoms with van der Waals surface area (Å²) in [5, 5.41) is 4.67. The van der Waals surface area contributed by atoms with Gasteiger partial charge in [0.1, 0.15) is 12.1 Å². The Hall–Kier alpha value is -4.95. The Morgan fingerprint density at radius 3 is 2.23 bits per heavy atom. The van der Waals surface area contributed by atoms with Gasteiger partial charge in [-0.2, -0.15) is 0 Å². The van der Waals surface area contributed by atoms with Gasteiger partial charge in [0, 0.05) is 36.1 Å². The number of anilines is 1. The lowest BCUT2D eigenvalue weighted by atomic mass is 9.97. The van der Waals surface area contributed by atoms with Crippen LogP contribution in [-0.2, 0) is 6.61 Å². The average Bonchev–Trinajstić information content (AvgIpc) is 2.99. The van der Waals surface area contributed by atoms with E-state index in [1.54, 1.807) is 6.20 Å². The smallest absolute Gasteiger partial charge is 0.250 e. The predicted molar refractivity (Wildman–Crippen MR) is 159 cm³/mol. The van der Waals surface area contributed by atoms with Crippen molar-refractivity contribution in [3.63, 3.8) is 0 Å². The summed E-state index contributed by atoms with van der Waals surface area (Å²) in [6.45, 7) is 6.53. The van der Waals surface area contributed by atoms with Gasteiger partial charge in [0.2, 0.25) is 5.88 Å². The first-order chi connectivity index (χ1) is 19.2. The van der Waals surface area contributed by atoms with Gasteiger partial charge >= 0.3 is 0 Å². The number of nitrogens with zero attached hydrogens (tertiary/aromatic N) is 4. The Kier molecular flexibility index (Phi) is 6.76. The van der Waals surface area contributed by atoms with E-state index < -0.39 is 0 Å². The lowest BCUT2D eigenvalue weighted by Crippen LogP contribution is -2.21. The molecule has 0 saturated carbocycles. The summed E-state index contributed by atoms with van der Waals surface area (Å²) in [6, 6.07) is 31.0. The summed E-state index contributed by atoms with van der Waals surface area (Å²) >= 11 is 0. The van der Waals surface area contributed by atoms with Crippen molar-refractivity contribution < 1.29 is 4.74 Å². The standard InChI is InChI=1S/C34H28N4O/c1-3-38(4-2)27-14-9-11-24(21-27)18-19-32-34(37-31-17-10-20-35-33(31)36-32)39-23-30-28-15-7-5-12-25(28)22-26-13-6-8-16-29(26)30/h5-17,20-22H,3-4,23H2,1-2H3. The van der Waals surface area contributed by atoms with Crippen LogP contribution in [0.25, 0.3) is 32.7 Å². The Morgan fingerprint density at radius 2 is 1.49 bits per heavy atom. The molecule has 0 spiro atoms. The number of hydrogen-bond acceptors (Lipinski definition) is 5. The number of fused-ring (bicyclic) bond motifs is 3. The van der Waals surface area contributed by atoms with Crippen molar-refractivity contribution in [2.24, 2.45) is 0 Å². The molecule has 0 aliphatic carbocycles. The molecule has 0 unspecified atom stereocenters. The van der Waals surface area contributed by atoms with Gasteiger partial charge in [-0.05, 0) is 77.7 Å². The van der Waals surface area contributed by atoms with Gasteiger partial charge in [-0.1, -0.05) is 60.5 Å². The molecule has 0 saturated heterocycles. The number of pyridine rings is 1. The lowest BCUT2D eigenvalue weighted by molar-refractivity contribution is 0.295. The van der Waals surface area contributed by atoms with E-state index in [2.05, 4.69) is 102 Å². The van der Waals surface area contributed by atoms with Crippen LogP contribution in [0.4, 0.5) is 5.69 Å². The molecule has 0 N–H and O–H groups in total. The summed E-state index contributed by atoms with van der Waals surface area (Å²) in [5.41, 5.74) is 4.86. The molecule has 39 heavy (non-hydrogen) atoms. The van der Waals surface area contributed by atoms with Crippen molar-refractivity contribution in [3.8, 4) is 17.7 Å². The zero-order valence-corrected chi connectivity index (χ0v) is 22.1. The zero-order valence-electron chi connectivity index (χ0n) is 22.1. The highest BCUT2D eigenvalue weighted by atomic mass is 16.5. The molecule has 190 valence electrons. The molecule has 0 radical (unpaired) electrons. The van der Waals surface area contributed by atoms with Crippen LogP contribution in [0.2, 0.25) is 0 Å². The van der Waals surface area contributed by atoms with Gasteiger partial charge in [0.05, 0.1) is 0 Å². The Labute approximate surface area is 228 Å². The fraction of sp³-hybridized carbons (Fsp3) is 0.147. The normalized spacial score (nSPS) is 10.9. The van der Waals surface area contributed by atoms with Gasteiger partial charge in [-0.3, -0.25) is 0 Å². The summed E-state index contributed by atoms with van der Waals surface area (Å²) in [4.78, 5) is 16.2. The molecule has 5 heteroatoms. The van der Waals surface area contributed by atoms with E-state index in [0.29, 0.717) is 29.3 Å². The van der Waals surface area contributed by atoms with Crippen molar-refractivity contribution in [1.29, 1.82) is 0 Å². The summed E-state index contributed by atoms with van der Waals surface area (Å²) in [5.74, 6) is 6.91. The zero-order chi connectivity index (χ0) is 26.6. The van der Waals surface area contributed by atoms with Gasteiger partial charge in [0.15, 0.2) is 11.3 Å². The first-order valence-electron chi connectivity index (χ1n) is 13.3. The van der Waals surface area contributed by atoms with E-state index in [4.69, 9.17) is 14.7 Å². The van der Waals surface area contributed by atoms with Crippen molar-refractivity contribution in [2.75, 3.05) is 18.0 Å². The lowest BCUT2D eigenvalue weighted by Gasteiger charge is -2.20. The topological polar surface area (TPSA) is 51.1 Å². The first kappa shape index (κ1) is 24.4. The van der Waals surface area contributed by atoms with Gasteiger partial charge in [-0.25, -0.2) is 15.0 Å². The molecule has 0 aliphatic heterocycles. The van der Waals surface area contributed by atoms with Crippen LogP contribution in [0.1, 0.15) is 30.7 Å². The molecule has 0 fully saturated rings. The monoisotopic (exact) mass is 508 g/mol. The van der Waals surface area contributed by atoms with Crippen LogP contribution < -0.4 is 9.64 Å². The van der Waals surface area contributed by atoms with E-state index in [0.717, 1.165) is 40.7 Å². The number of benzene rings is 4. The molecule has 0 bridgehead atoms. The fourth-order valence-electron chi connectivity index (χ4n) is 4.96. The number of hydrogen-bond donors (Lipinski definition) is 0. The SMILES string of the molecule is CCN(CC)c1cccc(C#Cc2nc3ncccc3nc2OCc2c3ccccc3cc3ccccc23)c1. The molecule has 4 aromatic carbocycles. The van der Waals surface area contributed by atoms with Crippen LogP contribution in [-0.4, -0.2) is 28.0 Å². The van der Waals surface area contributed by atoms with E-state index in [1.807, 2.05) is 24.3 Å². The Morgan fingerprint density at radius 1 is 0.744 bits per heavy atom. The van der Waals surface area contributed by atoms with Crippen LogP contribution in [0, 0.1) is 11.8 Å². The van der Waals surface area contributed by atoms with Crippen LogP contribution in [0.3, 0.4) is 0 Å². The van der Waals surface area contributed by atoms with Crippen LogP contribution in [0.15, 0.2) is 97.2 Å². The molecule has 6 rings (SSSR count). The maximum atomic E-state index is 6.42. The van der Waals surface area contributed by atoms with E-state index in [9.17, 15) is 0 Å². The highest BCUT2D eigenvalue weighted by Gasteiger charge is 2.13. The Balaban J connectivity index is 1.41. The minimum Gasteiger partial charge on any atom is -0.471 e. The van der Waals surface area contributed by atoms with Gasteiger partial charge in [-0.15, -0.1) is 0 Å². The second kappa shape index (κ2) is 10.8. The second-order valence-corrected chi connectivity index (χ2v) is 9.28. The molecule has 6 aromatic rings. The van der Waals surface area contributed by atoms with Crippen LogP contribution >= 0.6 is 0 Å². The van der Waals surface area contributed by atoms with Crippen molar-refractivity contribution in [2.45, 2.75) is 20.5 Å². The molecular weight excluding hydrogens is 480 g/mol. The summed E-state index contributed by atoms with van der Waals surface area (Å²) < 4.78 is 6.42. The number of ether oxygens (including phenoxy) is 1. The summed E-state index contributed by atoms with van der Waals surface area (Å²) in [6.07, 6.45) is 1.71. The third-order valence-electron chi connectivity index (χ3n) is 6.94. The van der Waals surface area contributed by atoms with Crippen LogP contribution in [0.5, 0.6) is 5.88 Å². The quantitative estimate of drug-likeness (QED) is 0.177. The van der Waals surface area contributed by atoms with E-state index in [-0.39, 0.29) is 0 Å². The van der Waals surface area contributed by atoms with E-state index >= 15 is 0 Å². The first-order valence-corrected chi connectivity index (χ1v) is 13.3. The Bertz CT molecular complexity index is 1810. The van der Waals surface area contributed by atoms with Crippen molar-refractivity contribution in [3.05, 3.63) is 114 Å². The third kappa shape index (κ3) is 4.97. The second-order valence-electron chi connectivity index (χ2n) is 9.28. The van der Waals surface area contributed by atoms with Crippen molar-refractivity contribution >= 4 is 38.4 Å². The predicted octanol–water partition coefficient (Wildman–Crippen LogP) is 7.16. The highest BCUT2D eigenvalue weighted by molar-refractivity contribution is 6.02. The number of aromatic nitrogens is 3. The van der Waals surface area contributed by atoms with Gasteiger partial charge < -0.3 is 9.64 Å². The molecule has 5 nitrogen and oxygen atoms in total. The average molecular weight is 509 g/mol. The maximum absolute atomic E-state index is 6.42. The van der Waals surface area contributed by atoms with E-state index in [1.165, 1.54) is 10.8 Å². The molecule has 2 heterocycles. The van der Waals surface area contributed by atoms with Gasteiger partial charge in [0.25, 0.3) is 0 Å². The summed E-state index contributed by atoms with van der Waals surface area (Å²) in [7, 11) is 0. The molecular formula is C34H28N4O. The fourth-order valence-corrected chi connectivity index (χ4v) is 4.96. The third-order valence-corrected chi connectivity index (χ3v) is 6.94. The van der Waals surface area contributed by atoms with Crippen molar-refractivity contribution in [1.82, 2.24) is 15.0 Å². The highest BCUT2D eigenvalue weighted by Crippen LogP contribution is 2.30. The molecule has 0 aliphatic rings. The molecule has 0 atom stereocenters. The number of rotatable bonds is 6. The largest absolute Gasteiger partial charge is 0.471 e. The minimum atomic E-state index is 0.342.